The molecule has 3 N–H and O–H groups in total. The summed E-state index contributed by atoms with van der Waals surface area (Å²) in [4.78, 5) is 47.0. The van der Waals surface area contributed by atoms with Gasteiger partial charge in [0, 0.05) is 24.7 Å². The molecule has 0 unspecified atom stereocenters. The molecule has 0 radical (unpaired) electrons. The van der Waals surface area contributed by atoms with E-state index in [-0.39, 0.29) is 22.9 Å². The van der Waals surface area contributed by atoms with Gasteiger partial charge in [0.1, 0.15) is 11.3 Å². The molecule has 2 atom stereocenters. The molecule has 0 saturated carbocycles. The molecule has 9 nitrogen and oxygen atoms in total. The van der Waals surface area contributed by atoms with E-state index in [2.05, 4.69) is 55.3 Å². The highest BCUT2D eigenvalue weighted by molar-refractivity contribution is 9.11. The zero-order valence-electron chi connectivity index (χ0n) is 22.6. The number of pyridine rings is 1. The molecule has 1 aliphatic rings. The smallest absolute Gasteiger partial charge is 0.407 e. The first-order valence-corrected chi connectivity index (χ1v) is 17.0. The van der Waals surface area contributed by atoms with Crippen LogP contribution in [0.3, 0.4) is 0 Å². The number of thiazole rings is 1. The van der Waals surface area contributed by atoms with Crippen molar-refractivity contribution in [2.24, 2.45) is 5.92 Å². The topological polar surface area (TPSA) is 117 Å². The van der Waals surface area contributed by atoms with Crippen LogP contribution >= 0.6 is 27.3 Å². The van der Waals surface area contributed by atoms with Crippen molar-refractivity contribution in [2.45, 2.75) is 77.2 Å². The number of hydrogen-bond acceptors (Lipinski definition) is 8. The second kappa shape index (κ2) is 11.4. The summed E-state index contributed by atoms with van der Waals surface area (Å²) >= 11 is 4.64. The van der Waals surface area contributed by atoms with Gasteiger partial charge < -0.3 is 25.1 Å². The van der Waals surface area contributed by atoms with Crippen LogP contribution in [-0.2, 0) is 4.74 Å². The van der Waals surface area contributed by atoms with Gasteiger partial charge in [0.25, 0.3) is 5.91 Å². The van der Waals surface area contributed by atoms with E-state index in [4.69, 9.17) is 4.74 Å². The van der Waals surface area contributed by atoms with Gasteiger partial charge in [-0.25, -0.2) is 9.78 Å². The number of nitrogens with one attached hydrogen (secondary N) is 2. The van der Waals surface area contributed by atoms with Gasteiger partial charge in [0.15, 0.2) is 12.2 Å². The number of alkyl carbamates (subject to hydrolysis) is 1. The van der Waals surface area contributed by atoms with Gasteiger partial charge in [-0.3, -0.25) is 9.78 Å². The van der Waals surface area contributed by atoms with Crippen molar-refractivity contribution in [3.63, 3.8) is 0 Å². The summed E-state index contributed by atoms with van der Waals surface area (Å²) in [5.74, 6) is -0.156. The van der Waals surface area contributed by atoms with Crippen LogP contribution in [0, 0.1) is 5.92 Å². The summed E-state index contributed by atoms with van der Waals surface area (Å²) in [6.07, 6.45) is 4.45. The number of hydrogen-bond donors (Lipinski definition) is 3. The molecule has 2 aromatic heterocycles. The van der Waals surface area contributed by atoms with Crippen LogP contribution in [0.4, 0.5) is 16.2 Å². The minimum Gasteiger partial charge on any atom is -0.444 e. The summed E-state index contributed by atoms with van der Waals surface area (Å²) < 4.78 is 6.21. The van der Waals surface area contributed by atoms with E-state index in [0.29, 0.717) is 21.8 Å². The Morgan fingerprint density at radius 2 is 2.00 bits per heavy atom. The molecule has 2 aromatic rings. The fraction of sp³-hybridized carbons (Fsp3) is 0.600. The summed E-state index contributed by atoms with van der Waals surface area (Å²) in [6, 6.07) is 1.66. The molecule has 0 spiro atoms. The van der Waals surface area contributed by atoms with Crippen molar-refractivity contribution in [2.75, 3.05) is 23.3 Å². The Morgan fingerprint density at radius 3 is 2.59 bits per heavy atom. The molecule has 12 heteroatoms. The molecular formula is C25H38BrN5O4SSi. The molecule has 1 aliphatic heterocycles. The number of aromatic nitrogens is 2. The number of carbonyl (C=O) groups excluding carboxylic acids is 2. The number of rotatable bonds is 7. The molecule has 1 saturated heterocycles. The monoisotopic (exact) mass is 611 g/mol. The van der Waals surface area contributed by atoms with Gasteiger partial charge in [-0.1, -0.05) is 13.8 Å². The maximum Gasteiger partial charge on any atom is 0.407 e. The van der Waals surface area contributed by atoms with Gasteiger partial charge >= 0.3 is 6.09 Å². The number of piperidine rings is 1. The Kier molecular flexibility index (Phi) is 9.08. The predicted octanol–water partition coefficient (Wildman–Crippen LogP) is 5.64. The number of ether oxygens (including phenoxy) is 1. The Bertz CT molecular complexity index is 1110. The van der Waals surface area contributed by atoms with Crippen molar-refractivity contribution < 1.29 is 19.1 Å². The largest absolute Gasteiger partial charge is 0.444 e. The van der Waals surface area contributed by atoms with Crippen molar-refractivity contribution in [3.05, 3.63) is 33.5 Å². The Hall–Kier alpha value is -2.02. The Balaban J connectivity index is 1.83. The average molecular weight is 613 g/mol. The highest BCUT2D eigenvalue weighted by atomic mass is 79.9. The number of halogens is 1. The lowest BCUT2D eigenvalue weighted by atomic mass is 9.84. The van der Waals surface area contributed by atoms with E-state index >= 15 is 0 Å². The second-order valence-electron chi connectivity index (χ2n) is 11.7. The summed E-state index contributed by atoms with van der Waals surface area (Å²) in [5.41, 5.74) is 1.12. The molecule has 37 heavy (non-hydrogen) atoms. The highest BCUT2D eigenvalue weighted by Gasteiger charge is 2.43. The first-order chi connectivity index (χ1) is 17.1. The van der Waals surface area contributed by atoms with Crippen molar-refractivity contribution >= 4 is 59.0 Å². The highest BCUT2D eigenvalue weighted by Crippen LogP contribution is 2.44. The number of anilines is 2. The summed E-state index contributed by atoms with van der Waals surface area (Å²) in [6.45, 7) is 14.9. The van der Waals surface area contributed by atoms with E-state index in [9.17, 15) is 14.4 Å². The summed E-state index contributed by atoms with van der Waals surface area (Å²) in [7, 11) is -2.44. The molecule has 3 heterocycles. The van der Waals surface area contributed by atoms with Crippen LogP contribution in [0.5, 0.6) is 0 Å². The quantitative estimate of drug-likeness (QED) is 0.347. The third-order valence-electron chi connectivity index (χ3n) is 6.98. The van der Waals surface area contributed by atoms with Gasteiger partial charge in [0.2, 0.25) is 0 Å². The molecule has 2 amide bonds. The molecule has 1 fully saturated rings. The van der Waals surface area contributed by atoms with Gasteiger partial charge in [-0.15, -0.1) is 11.3 Å². The molecule has 3 rings (SSSR count). The van der Waals surface area contributed by atoms with Crippen molar-refractivity contribution in [3.8, 4) is 0 Å². The first-order valence-electron chi connectivity index (χ1n) is 12.4. The fourth-order valence-corrected chi connectivity index (χ4v) is 6.05. The summed E-state index contributed by atoms with van der Waals surface area (Å²) in [5, 5.41) is 7.50. The van der Waals surface area contributed by atoms with E-state index in [1.54, 1.807) is 17.8 Å². The molecule has 204 valence electrons. The van der Waals surface area contributed by atoms with E-state index in [1.807, 2.05) is 39.9 Å². The standard InChI is InChI=1S/C25H38BrN5O4SSi/c1-24(2,3)35-23(33)30-18-14-31(11-9-16(18)12-25(4,5)37(6,7)34)20-8-10-27-13-17(20)28-21(32)19-15-36-22(26)29-19/h8,10,13,15-16,18,34H,9,11-12,14H2,1-7H3,(H,28,32)(H,30,33)/t16-,18+/m0/s1. The molecule has 0 bridgehead atoms. The van der Waals surface area contributed by atoms with Crippen LogP contribution < -0.4 is 15.5 Å². The number of amides is 2. The Morgan fingerprint density at radius 1 is 1.30 bits per heavy atom. The minimum absolute atomic E-state index is 0.157. The minimum atomic E-state index is -2.44. The van der Waals surface area contributed by atoms with Gasteiger partial charge in [-0.05, 0) is 79.7 Å². The SMILES string of the molecule is CC(C)(C)OC(=O)N[C@@H]1CN(c2ccncc2NC(=O)c2csc(Br)n2)CC[C@H]1CC(C)(C)[Si](C)(C)O. The van der Waals surface area contributed by atoms with Crippen LogP contribution in [0.15, 0.2) is 27.8 Å². The molecular weight excluding hydrogens is 574 g/mol. The number of carbonyl (C=O) groups is 2. The lowest BCUT2D eigenvalue weighted by Crippen LogP contribution is -2.55. The van der Waals surface area contributed by atoms with E-state index in [0.717, 1.165) is 25.1 Å². The van der Waals surface area contributed by atoms with Crippen molar-refractivity contribution in [1.29, 1.82) is 0 Å². The average Bonchev–Trinajstić information content (AvgIpc) is 3.19. The lowest BCUT2D eigenvalue weighted by molar-refractivity contribution is 0.0474. The van der Waals surface area contributed by atoms with Gasteiger partial charge in [-0.2, -0.15) is 0 Å². The molecule has 0 aromatic carbocycles. The Labute approximate surface area is 232 Å². The normalized spacial score (nSPS) is 18.9. The van der Waals surface area contributed by atoms with E-state index in [1.165, 1.54) is 11.3 Å². The third-order valence-corrected chi connectivity index (χ3v) is 11.9. The maximum atomic E-state index is 12.8. The van der Waals surface area contributed by atoms with Crippen LogP contribution in [-0.4, -0.2) is 59.8 Å². The first kappa shape index (κ1) is 29.5. The van der Waals surface area contributed by atoms with Crippen LogP contribution in [0.2, 0.25) is 18.1 Å². The van der Waals surface area contributed by atoms with Crippen molar-refractivity contribution in [1.82, 2.24) is 15.3 Å². The fourth-order valence-electron chi connectivity index (χ4n) is 4.29. The van der Waals surface area contributed by atoms with Crippen LogP contribution in [0.25, 0.3) is 0 Å². The second-order valence-corrected chi connectivity index (χ2v) is 18.3. The third kappa shape index (κ3) is 7.98. The molecule has 0 aliphatic carbocycles. The van der Waals surface area contributed by atoms with E-state index < -0.39 is 20.0 Å². The zero-order valence-corrected chi connectivity index (χ0v) is 26.0. The number of nitrogens with zero attached hydrogens (tertiary/aromatic N) is 3. The maximum absolute atomic E-state index is 12.8. The van der Waals surface area contributed by atoms with Gasteiger partial charge in [0.05, 0.1) is 23.6 Å². The van der Waals surface area contributed by atoms with Crippen LogP contribution in [0.1, 0.15) is 57.9 Å². The predicted molar refractivity (Wildman–Crippen MR) is 154 cm³/mol. The lowest BCUT2D eigenvalue weighted by Gasteiger charge is -2.45. The zero-order chi connectivity index (χ0) is 27.6.